The number of rotatable bonds is 1. The number of aromatic amines is 1. The molecule has 0 radical (unpaired) electrons. The van der Waals surface area contributed by atoms with Gasteiger partial charge in [0.05, 0.1) is 0 Å². The summed E-state index contributed by atoms with van der Waals surface area (Å²) >= 11 is 0. The molecule has 0 bridgehead atoms. The lowest BCUT2D eigenvalue weighted by Crippen LogP contribution is -2.28. The Labute approximate surface area is 97.8 Å². The van der Waals surface area contributed by atoms with Gasteiger partial charge in [-0.05, 0) is 63.1 Å². The molecule has 1 aliphatic heterocycles. The summed E-state index contributed by atoms with van der Waals surface area (Å²) in [5.41, 5.74) is 6.23. The zero-order valence-corrected chi connectivity index (χ0v) is 10.2. The Morgan fingerprint density at radius 2 is 1.94 bits per heavy atom. The summed E-state index contributed by atoms with van der Waals surface area (Å²) in [6.07, 6.45) is 9.37. The number of hydrogen-bond acceptors (Lipinski definition) is 1. The average Bonchev–Trinajstić information content (AvgIpc) is 2.66. The van der Waals surface area contributed by atoms with Gasteiger partial charge in [-0.15, -0.1) is 0 Å². The lowest BCUT2D eigenvalue weighted by molar-refractivity contribution is 0.408. The number of nitrogens with one attached hydrogen (secondary N) is 2. The van der Waals surface area contributed by atoms with Crippen LogP contribution in [0.15, 0.2) is 0 Å². The summed E-state index contributed by atoms with van der Waals surface area (Å²) < 4.78 is 0. The Bertz CT molecular complexity index is 372. The van der Waals surface area contributed by atoms with Gasteiger partial charge in [-0.3, -0.25) is 0 Å². The van der Waals surface area contributed by atoms with Crippen molar-refractivity contribution in [1.29, 1.82) is 0 Å². The molecule has 1 fully saturated rings. The van der Waals surface area contributed by atoms with E-state index in [9.17, 15) is 0 Å². The number of H-pyrrole nitrogens is 1. The van der Waals surface area contributed by atoms with E-state index in [0.29, 0.717) is 6.04 Å². The molecule has 0 amide bonds. The quantitative estimate of drug-likeness (QED) is 0.745. The molecule has 2 nitrogen and oxygen atoms in total. The molecule has 2 aliphatic rings. The molecule has 0 saturated carbocycles. The van der Waals surface area contributed by atoms with Crippen LogP contribution in [0.4, 0.5) is 0 Å². The molecule has 1 unspecified atom stereocenters. The third-order valence-electron chi connectivity index (χ3n) is 4.19. The first-order valence-corrected chi connectivity index (χ1v) is 6.80. The predicted molar refractivity (Wildman–Crippen MR) is 66.8 cm³/mol. The highest BCUT2D eigenvalue weighted by Crippen LogP contribution is 2.34. The first-order chi connectivity index (χ1) is 7.86. The van der Waals surface area contributed by atoms with Gasteiger partial charge in [0.2, 0.25) is 0 Å². The number of aromatic nitrogens is 1. The van der Waals surface area contributed by atoms with Crippen molar-refractivity contribution in [2.75, 3.05) is 6.54 Å². The maximum Gasteiger partial charge on any atom is 0.0340 e. The van der Waals surface area contributed by atoms with Crippen molar-refractivity contribution in [1.82, 2.24) is 10.3 Å². The minimum atomic E-state index is 0.631. The Kier molecular flexibility index (Phi) is 2.76. The molecule has 0 aromatic carbocycles. The van der Waals surface area contributed by atoms with E-state index in [4.69, 9.17) is 0 Å². The van der Waals surface area contributed by atoms with Gasteiger partial charge in [0.1, 0.15) is 0 Å². The maximum absolute atomic E-state index is 3.69. The molecule has 1 saturated heterocycles. The highest BCUT2D eigenvalue weighted by atomic mass is 14.9. The smallest absolute Gasteiger partial charge is 0.0340 e. The van der Waals surface area contributed by atoms with Gasteiger partial charge in [-0.1, -0.05) is 6.42 Å². The Balaban J connectivity index is 1.95. The van der Waals surface area contributed by atoms with Crippen LogP contribution in [-0.4, -0.2) is 11.5 Å². The lowest BCUT2D eigenvalue weighted by atomic mass is 9.88. The Morgan fingerprint density at radius 1 is 1.06 bits per heavy atom. The van der Waals surface area contributed by atoms with Crippen LogP contribution in [-0.2, 0) is 12.8 Å². The van der Waals surface area contributed by atoms with E-state index in [1.807, 2.05) is 0 Å². The number of fused-ring (bicyclic) bond motifs is 1. The van der Waals surface area contributed by atoms with Gasteiger partial charge in [0.25, 0.3) is 0 Å². The van der Waals surface area contributed by atoms with Crippen LogP contribution < -0.4 is 5.32 Å². The second-order valence-electron chi connectivity index (χ2n) is 5.33. The number of hydrogen-bond donors (Lipinski definition) is 2. The van der Waals surface area contributed by atoms with E-state index in [2.05, 4.69) is 17.2 Å². The van der Waals surface area contributed by atoms with Crippen molar-refractivity contribution < 1.29 is 0 Å². The van der Waals surface area contributed by atoms with Gasteiger partial charge in [0.15, 0.2) is 0 Å². The van der Waals surface area contributed by atoms with Crippen molar-refractivity contribution in [2.24, 2.45) is 0 Å². The van der Waals surface area contributed by atoms with Crippen molar-refractivity contribution in [3.8, 4) is 0 Å². The Morgan fingerprint density at radius 3 is 2.75 bits per heavy atom. The van der Waals surface area contributed by atoms with Crippen molar-refractivity contribution in [3.05, 3.63) is 22.5 Å². The fourth-order valence-corrected chi connectivity index (χ4v) is 3.43. The second kappa shape index (κ2) is 4.25. The van der Waals surface area contributed by atoms with Crippen LogP contribution in [0, 0.1) is 6.92 Å². The molecule has 2 heteroatoms. The third-order valence-corrected chi connectivity index (χ3v) is 4.19. The van der Waals surface area contributed by atoms with E-state index in [1.54, 1.807) is 11.1 Å². The Hall–Kier alpha value is -0.760. The number of piperidine rings is 1. The molecule has 2 heterocycles. The summed E-state index contributed by atoms with van der Waals surface area (Å²) in [6, 6.07) is 0.631. The third kappa shape index (κ3) is 1.69. The molecule has 16 heavy (non-hydrogen) atoms. The first-order valence-electron chi connectivity index (χ1n) is 6.80. The fourth-order valence-electron chi connectivity index (χ4n) is 3.43. The second-order valence-corrected chi connectivity index (χ2v) is 5.33. The summed E-state index contributed by atoms with van der Waals surface area (Å²) in [6.45, 7) is 3.45. The van der Waals surface area contributed by atoms with Gasteiger partial charge in [0, 0.05) is 17.4 Å². The average molecular weight is 218 g/mol. The fraction of sp³-hybridized carbons (Fsp3) is 0.714. The topological polar surface area (TPSA) is 27.8 Å². The predicted octanol–water partition coefficient (Wildman–Crippen LogP) is 3.02. The van der Waals surface area contributed by atoms with Crippen LogP contribution in [0.3, 0.4) is 0 Å². The minimum Gasteiger partial charge on any atom is -0.362 e. The zero-order chi connectivity index (χ0) is 11.0. The lowest BCUT2D eigenvalue weighted by Gasteiger charge is -2.26. The van der Waals surface area contributed by atoms with Gasteiger partial charge in [-0.25, -0.2) is 0 Å². The monoisotopic (exact) mass is 218 g/mol. The highest BCUT2D eigenvalue weighted by molar-refractivity contribution is 5.40. The molecule has 1 atom stereocenters. The van der Waals surface area contributed by atoms with Crippen LogP contribution in [0.5, 0.6) is 0 Å². The van der Waals surface area contributed by atoms with Gasteiger partial charge in [-0.2, -0.15) is 0 Å². The first kappa shape index (κ1) is 10.4. The van der Waals surface area contributed by atoms with Crippen molar-refractivity contribution >= 4 is 0 Å². The summed E-state index contributed by atoms with van der Waals surface area (Å²) in [7, 11) is 0. The maximum atomic E-state index is 3.69. The number of aryl methyl sites for hydroxylation is 2. The molecule has 1 aromatic heterocycles. The molecular formula is C14H22N2. The standard InChI is InChI=1S/C14H22N2/c1-10-14(13-8-4-5-9-15-13)11-6-2-3-7-12(11)16-10/h13,15-16H,2-9H2,1H3. The molecule has 2 N–H and O–H groups in total. The van der Waals surface area contributed by atoms with E-state index in [-0.39, 0.29) is 0 Å². The molecule has 1 aliphatic carbocycles. The molecule has 88 valence electrons. The van der Waals surface area contributed by atoms with Crippen LogP contribution >= 0.6 is 0 Å². The summed E-state index contributed by atoms with van der Waals surface area (Å²) in [4.78, 5) is 3.62. The van der Waals surface area contributed by atoms with Gasteiger partial charge >= 0.3 is 0 Å². The van der Waals surface area contributed by atoms with E-state index in [0.717, 1.165) is 0 Å². The SMILES string of the molecule is Cc1[nH]c2c(c1C1CCCCN1)CCCC2. The molecule has 0 spiro atoms. The van der Waals surface area contributed by atoms with Crippen LogP contribution in [0.1, 0.15) is 60.7 Å². The van der Waals surface area contributed by atoms with E-state index in [1.165, 1.54) is 62.9 Å². The molecule has 1 aromatic rings. The normalized spacial score (nSPS) is 25.4. The molecular weight excluding hydrogens is 196 g/mol. The zero-order valence-electron chi connectivity index (χ0n) is 10.2. The summed E-state index contributed by atoms with van der Waals surface area (Å²) in [5.74, 6) is 0. The summed E-state index contributed by atoms with van der Waals surface area (Å²) in [5, 5.41) is 3.69. The van der Waals surface area contributed by atoms with Crippen LogP contribution in [0.25, 0.3) is 0 Å². The van der Waals surface area contributed by atoms with Crippen molar-refractivity contribution in [2.45, 2.75) is 57.9 Å². The molecule has 3 rings (SSSR count). The van der Waals surface area contributed by atoms with Crippen molar-refractivity contribution in [3.63, 3.8) is 0 Å². The largest absolute Gasteiger partial charge is 0.362 e. The van der Waals surface area contributed by atoms with Gasteiger partial charge < -0.3 is 10.3 Å². The van der Waals surface area contributed by atoms with Crippen LogP contribution in [0.2, 0.25) is 0 Å². The van der Waals surface area contributed by atoms with E-state index >= 15 is 0 Å². The minimum absolute atomic E-state index is 0.631. The van der Waals surface area contributed by atoms with E-state index < -0.39 is 0 Å². The highest BCUT2D eigenvalue weighted by Gasteiger charge is 2.24.